The Bertz CT molecular complexity index is 647. The van der Waals surface area contributed by atoms with E-state index < -0.39 is 61.2 Å². The van der Waals surface area contributed by atoms with Gasteiger partial charge in [-0.05, 0) is 11.7 Å². The van der Waals surface area contributed by atoms with Crippen LogP contribution in [-0.4, -0.2) is 13.3 Å². The summed E-state index contributed by atoms with van der Waals surface area (Å²) >= 11 is 0. The summed E-state index contributed by atoms with van der Waals surface area (Å²) in [7, 11) is -6.36. The normalized spacial score (nSPS) is 13.8. The van der Waals surface area contributed by atoms with Gasteiger partial charge in [-0.25, -0.2) is 26.5 Å². The van der Waals surface area contributed by atoms with Crippen LogP contribution in [0.4, 0.5) is 30.3 Å². The number of benzene rings is 1. The van der Waals surface area contributed by atoms with E-state index in [0.29, 0.717) is 0 Å². The van der Waals surface area contributed by atoms with Gasteiger partial charge in [0.1, 0.15) is 0 Å². The minimum absolute atomic E-state index is 0.0883. The lowest BCUT2D eigenvalue weighted by atomic mass is 9.44. The van der Waals surface area contributed by atoms with Crippen LogP contribution in [0.25, 0.3) is 0 Å². The fourth-order valence-electron chi connectivity index (χ4n) is 2.93. The molecule has 1 aromatic carbocycles. The average molecular weight is 392 g/mol. The second-order valence-corrected chi connectivity index (χ2v) is 6.73. The van der Waals surface area contributed by atoms with Crippen LogP contribution in [0.2, 0.25) is 0 Å². The maximum atomic E-state index is 14.2. The molecule has 0 aromatic heterocycles. The molecular formula is C14H17BF7O2P. The number of rotatable bonds is 8. The largest absolute Gasteiger partial charge is 0.551 e. The molecule has 0 heterocycles. The van der Waals surface area contributed by atoms with Crippen molar-refractivity contribution in [1.29, 1.82) is 0 Å². The molecule has 1 rings (SSSR count). The first-order valence-corrected chi connectivity index (χ1v) is 9.04. The van der Waals surface area contributed by atoms with Crippen molar-refractivity contribution in [1.82, 2.24) is 0 Å². The van der Waals surface area contributed by atoms with Gasteiger partial charge in [0.05, 0.1) is 0 Å². The number of hydrogen-bond acceptors (Lipinski definition) is 2. The molecule has 0 aliphatic rings. The maximum absolute atomic E-state index is 14.2. The van der Waals surface area contributed by atoms with E-state index in [1.165, 1.54) is 20.8 Å². The third kappa shape index (κ3) is 4.59. The minimum atomic E-state index is -5.88. The first kappa shape index (κ1) is 22.0. The SMILES string of the molecule is CCC(BC(CC)(CC)c1c(F)c(F)c(F)c(F)c1F)OP(=O)(F)F. The fourth-order valence-corrected chi connectivity index (χ4v) is 3.50. The lowest BCUT2D eigenvalue weighted by molar-refractivity contribution is 0.219. The van der Waals surface area contributed by atoms with Crippen molar-refractivity contribution >= 4 is 15.3 Å². The topological polar surface area (TPSA) is 26.3 Å². The van der Waals surface area contributed by atoms with E-state index in [1.54, 1.807) is 0 Å². The Kier molecular flexibility index (Phi) is 7.16. The van der Waals surface area contributed by atoms with E-state index in [0.717, 1.165) is 0 Å². The Labute approximate surface area is 141 Å². The van der Waals surface area contributed by atoms with Crippen molar-refractivity contribution in [3.63, 3.8) is 0 Å². The Morgan fingerprint density at radius 2 is 1.32 bits per heavy atom. The van der Waals surface area contributed by atoms with Gasteiger partial charge in [-0.15, -0.1) is 8.39 Å². The van der Waals surface area contributed by atoms with Crippen molar-refractivity contribution in [3.05, 3.63) is 34.6 Å². The standard InChI is InChI=1S/C14H17BF7O2P/c1-4-7(24-25(21,22)23)15-14(5-2,6-3)8-9(16)11(18)13(20)12(19)10(8)17/h7,15H,4-6H2,1-3H3. The molecule has 0 fully saturated rings. The van der Waals surface area contributed by atoms with Crippen LogP contribution in [0.15, 0.2) is 0 Å². The second kappa shape index (κ2) is 8.12. The molecule has 11 heteroatoms. The third-order valence-corrected chi connectivity index (χ3v) is 4.98. The van der Waals surface area contributed by atoms with E-state index in [2.05, 4.69) is 4.52 Å². The highest BCUT2D eigenvalue weighted by atomic mass is 31.2. The molecule has 1 atom stereocenters. The van der Waals surface area contributed by atoms with E-state index in [4.69, 9.17) is 0 Å². The molecule has 1 unspecified atom stereocenters. The number of halogens is 7. The molecular weight excluding hydrogens is 375 g/mol. The predicted molar refractivity (Wildman–Crippen MR) is 80.6 cm³/mol. The molecule has 0 N–H and O–H groups in total. The highest BCUT2D eigenvalue weighted by molar-refractivity contribution is 7.47. The Morgan fingerprint density at radius 1 is 0.920 bits per heavy atom. The second-order valence-electron chi connectivity index (χ2n) is 5.69. The summed E-state index contributed by atoms with van der Waals surface area (Å²) in [5, 5.41) is -1.65. The molecule has 0 aliphatic heterocycles. The Morgan fingerprint density at radius 3 is 1.64 bits per heavy atom. The van der Waals surface area contributed by atoms with Crippen molar-refractivity contribution in [3.8, 4) is 0 Å². The van der Waals surface area contributed by atoms with Crippen LogP contribution >= 0.6 is 7.99 Å². The summed E-state index contributed by atoms with van der Waals surface area (Å²) < 4.78 is 109. The molecule has 0 radical (unpaired) electrons. The summed E-state index contributed by atoms with van der Waals surface area (Å²) in [4.78, 5) is 0. The van der Waals surface area contributed by atoms with Gasteiger partial charge in [-0.1, -0.05) is 33.6 Å². The molecule has 0 amide bonds. The lowest BCUT2D eigenvalue weighted by Gasteiger charge is -2.35. The molecule has 0 bridgehead atoms. The van der Waals surface area contributed by atoms with Crippen LogP contribution in [0.5, 0.6) is 0 Å². The zero-order valence-electron chi connectivity index (χ0n) is 13.8. The Balaban J connectivity index is 3.52. The summed E-state index contributed by atoms with van der Waals surface area (Å²) in [6, 6.07) is -1.38. The molecule has 142 valence electrons. The minimum Gasteiger partial charge on any atom is -0.286 e. The van der Waals surface area contributed by atoms with E-state index >= 15 is 0 Å². The zero-order chi connectivity index (χ0) is 19.6. The van der Waals surface area contributed by atoms with E-state index in [9.17, 15) is 34.9 Å². The molecule has 0 aliphatic carbocycles. The first-order chi connectivity index (χ1) is 11.4. The summed E-state index contributed by atoms with van der Waals surface area (Å²) in [5.41, 5.74) is -1.07. The van der Waals surface area contributed by atoms with E-state index in [-0.39, 0.29) is 19.3 Å². The van der Waals surface area contributed by atoms with Crippen LogP contribution < -0.4 is 0 Å². The smallest absolute Gasteiger partial charge is 0.286 e. The fraction of sp³-hybridized carbons (Fsp3) is 0.571. The van der Waals surface area contributed by atoms with Crippen LogP contribution in [-0.2, 0) is 14.4 Å². The van der Waals surface area contributed by atoms with Gasteiger partial charge in [0, 0.05) is 11.6 Å². The van der Waals surface area contributed by atoms with Crippen molar-refractivity contribution < 1.29 is 39.4 Å². The van der Waals surface area contributed by atoms with Gasteiger partial charge in [-0.2, -0.15) is 0 Å². The summed E-state index contributed by atoms with van der Waals surface area (Å²) in [6.07, 6.45) is -0.301. The quantitative estimate of drug-likeness (QED) is 0.188. The average Bonchev–Trinajstić information content (AvgIpc) is 2.55. The van der Waals surface area contributed by atoms with Crippen LogP contribution in [0.1, 0.15) is 45.6 Å². The number of hydrogen-bond donors (Lipinski definition) is 0. The molecule has 0 spiro atoms. The molecule has 2 nitrogen and oxygen atoms in total. The highest BCUT2D eigenvalue weighted by Gasteiger charge is 2.42. The van der Waals surface area contributed by atoms with Crippen molar-refractivity contribution in [2.75, 3.05) is 0 Å². The van der Waals surface area contributed by atoms with Gasteiger partial charge in [0.2, 0.25) is 5.82 Å². The molecule has 25 heavy (non-hydrogen) atoms. The maximum Gasteiger partial charge on any atom is 0.551 e. The van der Waals surface area contributed by atoms with Gasteiger partial charge in [0.15, 0.2) is 30.5 Å². The third-order valence-electron chi connectivity index (χ3n) is 4.44. The first-order valence-electron chi connectivity index (χ1n) is 7.63. The monoisotopic (exact) mass is 392 g/mol. The molecule has 1 aromatic rings. The lowest BCUT2D eigenvalue weighted by Crippen LogP contribution is -2.42. The summed E-state index contributed by atoms with van der Waals surface area (Å²) in [6.45, 7) is 4.27. The van der Waals surface area contributed by atoms with Crippen LogP contribution in [0.3, 0.4) is 0 Å². The van der Waals surface area contributed by atoms with Crippen molar-refractivity contribution in [2.24, 2.45) is 0 Å². The van der Waals surface area contributed by atoms with Crippen molar-refractivity contribution in [2.45, 2.75) is 51.4 Å². The molecule has 0 saturated heterocycles. The van der Waals surface area contributed by atoms with Crippen LogP contribution in [0, 0.1) is 29.1 Å². The predicted octanol–water partition coefficient (Wildman–Crippen LogP) is 5.63. The highest BCUT2D eigenvalue weighted by Crippen LogP contribution is 2.52. The molecule has 0 saturated carbocycles. The Hall–Kier alpha value is -1.02. The van der Waals surface area contributed by atoms with E-state index in [1.807, 2.05) is 0 Å². The van der Waals surface area contributed by atoms with Gasteiger partial charge >= 0.3 is 7.99 Å². The zero-order valence-corrected chi connectivity index (χ0v) is 14.7. The van der Waals surface area contributed by atoms with Gasteiger partial charge < -0.3 is 0 Å². The summed E-state index contributed by atoms with van der Waals surface area (Å²) in [5.74, 6) is -10.5. The van der Waals surface area contributed by atoms with Gasteiger partial charge in [0.25, 0.3) is 0 Å². The van der Waals surface area contributed by atoms with Gasteiger partial charge in [-0.3, -0.25) is 4.52 Å².